The van der Waals surface area contributed by atoms with E-state index in [-0.39, 0.29) is 18.6 Å². The first-order chi connectivity index (χ1) is 10.1. The maximum atomic E-state index is 12.9. The molecule has 0 radical (unpaired) electrons. The second kappa shape index (κ2) is 7.64. The van der Waals surface area contributed by atoms with Crippen LogP contribution in [0, 0.1) is 13.8 Å². The number of hydrogen-bond donors (Lipinski definition) is 1. The third-order valence-corrected chi connectivity index (χ3v) is 4.48. The lowest BCUT2D eigenvalue weighted by Gasteiger charge is -2.32. The van der Waals surface area contributed by atoms with Crippen molar-refractivity contribution < 1.29 is 9.90 Å². The van der Waals surface area contributed by atoms with Crippen LogP contribution >= 0.6 is 0 Å². The summed E-state index contributed by atoms with van der Waals surface area (Å²) in [7, 11) is 0. The molecule has 1 aromatic heterocycles. The summed E-state index contributed by atoms with van der Waals surface area (Å²) in [5.41, 5.74) is 2.29. The fourth-order valence-corrected chi connectivity index (χ4v) is 3.31. The van der Waals surface area contributed by atoms with Gasteiger partial charge in [0.25, 0.3) is 0 Å². The Morgan fingerprint density at radius 3 is 2.33 bits per heavy atom. The average Bonchev–Trinajstić information content (AvgIpc) is 2.84. The van der Waals surface area contributed by atoms with Crippen LogP contribution in [0.4, 0.5) is 0 Å². The number of likely N-dealkylation sites (tertiary alicyclic amines) is 1. The molecule has 1 unspecified atom stereocenters. The summed E-state index contributed by atoms with van der Waals surface area (Å²) in [6, 6.07) is 4.06. The fourth-order valence-electron chi connectivity index (χ4n) is 3.31. The molecule has 4 nitrogen and oxygen atoms in total. The summed E-state index contributed by atoms with van der Waals surface area (Å²) >= 11 is 0. The molecule has 0 saturated carbocycles. The Morgan fingerprint density at radius 1 is 1.14 bits per heavy atom. The number of rotatable bonds is 6. The van der Waals surface area contributed by atoms with Crippen LogP contribution in [0.3, 0.4) is 0 Å². The molecular weight excluding hydrogens is 264 g/mol. The Labute approximate surface area is 127 Å². The smallest absolute Gasteiger partial charge is 0.245 e. The van der Waals surface area contributed by atoms with Crippen molar-refractivity contribution in [2.45, 2.75) is 58.4 Å². The Hall–Kier alpha value is -1.29. The van der Waals surface area contributed by atoms with Gasteiger partial charge in [-0.25, -0.2) is 0 Å². The summed E-state index contributed by atoms with van der Waals surface area (Å²) in [4.78, 5) is 15.0. The van der Waals surface area contributed by atoms with Gasteiger partial charge in [-0.1, -0.05) is 0 Å². The van der Waals surface area contributed by atoms with Crippen molar-refractivity contribution in [3.8, 4) is 0 Å². The highest BCUT2D eigenvalue weighted by molar-refractivity contribution is 5.80. The van der Waals surface area contributed by atoms with Crippen LogP contribution in [-0.4, -0.2) is 40.2 Å². The molecule has 0 spiro atoms. The summed E-state index contributed by atoms with van der Waals surface area (Å²) < 4.78 is 2.17. The summed E-state index contributed by atoms with van der Waals surface area (Å²) in [6.07, 6.45) is 5.95. The van der Waals surface area contributed by atoms with E-state index in [1.54, 1.807) is 0 Å². The van der Waals surface area contributed by atoms with Gasteiger partial charge in [-0.05, 0) is 64.5 Å². The lowest BCUT2D eigenvalue weighted by molar-refractivity contribution is -0.136. The molecule has 118 valence electrons. The number of carbonyl (C=O) groups is 1. The van der Waals surface area contributed by atoms with Gasteiger partial charge in [0.2, 0.25) is 5.91 Å². The summed E-state index contributed by atoms with van der Waals surface area (Å²) in [5, 5.41) is 9.00. The molecular formula is C17H28N2O2. The monoisotopic (exact) mass is 292 g/mol. The van der Waals surface area contributed by atoms with Crippen molar-refractivity contribution in [3.05, 3.63) is 23.5 Å². The molecule has 0 bridgehead atoms. The fraction of sp³-hybridized carbons (Fsp3) is 0.706. The van der Waals surface area contributed by atoms with Gasteiger partial charge < -0.3 is 14.6 Å². The van der Waals surface area contributed by atoms with Crippen LogP contribution < -0.4 is 0 Å². The first-order valence-electron chi connectivity index (χ1n) is 8.19. The number of unbranched alkanes of at least 4 members (excludes halogenated alkanes) is 1. The van der Waals surface area contributed by atoms with Crippen LogP contribution in [0.15, 0.2) is 12.1 Å². The van der Waals surface area contributed by atoms with E-state index in [2.05, 4.69) is 30.5 Å². The average molecular weight is 292 g/mol. The molecule has 2 heterocycles. The number of aliphatic hydroxyl groups excluding tert-OH is 1. The molecule has 4 heteroatoms. The van der Waals surface area contributed by atoms with E-state index < -0.39 is 0 Å². The molecule has 0 aromatic carbocycles. The number of aromatic nitrogens is 1. The van der Waals surface area contributed by atoms with Crippen molar-refractivity contribution in [3.63, 3.8) is 0 Å². The van der Waals surface area contributed by atoms with Gasteiger partial charge in [-0.3, -0.25) is 4.79 Å². The van der Waals surface area contributed by atoms with Crippen molar-refractivity contribution in [2.75, 3.05) is 19.7 Å². The van der Waals surface area contributed by atoms with E-state index in [0.717, 1.165) is 56.6 Å². The molecule has 1 aliphatic heterocycles. The SMILES string of the molecule is Cc1ccc(C)n1C(CCCCO)C(=O)N1CCCCC1. The number of piperidine rings is 1. The highest BCUT2D eigenvalue weighted by Gasteiger charge is 2.27. The van der Waals surface area contributed by atoms with Crippen molar-refractivity contribution >= 4 is 5.91 Å². The largest absolute Gasteiger partial charge is 0.396 e. The summed E-state index contributed by atoms with van der Waals surface area (Å²) in [6.45, 7) is 6.13. The third kappa shape index (κ3) is 3.88. The van der Waals surface area contributed by atoms with Crippen LogP contribution in [-0.2, 0) is 4.79 Å². The number of aryl methyl sites for hydroxylation is 2. The van der Waals surface area contributed by atoms with Gasteiger partial charge in [0.15, 0.2) is 0 Å². The number of carbonyl (C=O) groups excluding carboxylic acids is 1. The molecule has 1 amide bonds. The Kier molecular flexibility index (Phi) is 5.85. The van der Waals surface area contributed by atoms with E-state index in [9.17, 15) is 4.79 Å². The first kappa shape index (κ1) is 16.1. The molecule has 2 rings (SSSR count). The van der Waals surface area contributed by atoms with Gasteiger partial charge in [-0.2, -0.15) is 0 Å². The maximum Gasteiger partial charge on any atom is 0.245 e. The Bertz CT molecular complexity index is 442. The predicted octanol–water partition coefficient (Wildman–Crippen LogP) is 2.82. The second-order valence-electron chi connectivity index (χ2n) is 6.11. The molecule has 1 aliphatic rings. The molecule has 21 heavy (non-hydrogen) atoms. The van der Waals surface area contributed by atoms with E-state index in [1.165, 1.54) is 6.42 Å². The zero-order valence-corrected chi connectivity index (χ0v) is 13.3. The molecule has 0 aliphatic carbocycles. The molecule has 1 N–H and O–H groups in total. The third-order valence-electron chi connectivity index (χ3n) is 4.48. The van der Waals surface area contributed by atoms with E-state index in [4.69, 9.17) is 5.11 Å². The van der Waals surface area contributed by atoms with Gasteiger partial charge in [-0.15, -0.1) is 0 Å². The lowest BCUT2D eigenvalue weighted by atomic mass is 10.0. The number of hydrogen-bond acceptors (Lipinski definition) is 2. The van der Waals surface area contributed by atoms with Crippen molar-refractivity contribution in [1.29, 1.82) is 0 Å². The standard InChI is InChI=1S/C17H28N2O2/c1-14-9-10-15(2)19(14)16(8-4-7-13-20)17(21)18-11-5-3-6-12-18/h9-10,16,20H,3-8,11-13H2,1-2H3. The Morgan fingerprint density at radius 2 is 1.76 bits per heavy atom. The molecule has 1 saturated heterocycles. The second-order valence-corrected chi connectivity index (χ2v) is 6.11. The van der Waals surface area contributed by atoms with Gasteiger partial charge in [0, 0.05) is 31.1 Å². The molecule has 1 aromatic rings. The minimum Gasteiger partial charge on any atom is -0.396 e. The Balaban J connectivity index is 2.16. The van der Waals surface area contributed by atoms with Gasteiger partial charge >= 0.3 is 0 Å². The predicted molar refractivity (Wildman–Crippen MR) is 84.3 cm³/mol. The summed E-state index contributed by atoms with van der Waals surface area (Å²) in [5.74, 6) is 0.259. The zero-order valence-electron chi connectivity index (χ0n) is 13.3. The molecule has 1 atom stereocenters. The number of amides is 1. The van der Waals surface area contributed by atoms with Crippen LogP contribution in [0.5, 0.6) is 0 Å². The number of nitrogens with zero attached hydrogens (tertiary/aromatic N) is 2. The minimum atomic E-state index is -0.107. The van der Waals surface area contributed by atoms with E-state index in [0.29, 0.717) is 0 Å². The maximum absolute atomic E-state index is 12.9. The minimum absolute atomic E-state index is 0.107. The topological polar surface area (TPSA) is 45.5 Å². The van der Waals surface area contributed by atoms with Crippen LogP contribution in [0.2, 0.25) is 0 Å². The highest BCUT2D eigenvalue weighted by Crippen LogP contribution is 2.25. The lowest BCUT2D eigenvalue weighted by Crippen LogP contribution is -2.41. The normalized spacial score (nSPS) is 17.0. The van der Waals surface area contributed by atoms with E-state index >= 15 is 0 Å². The van der Waals surface area contributed by atoms with Gasteiger partial charge in [0.1, 0.15) is 6.04 Å². The zero-order chi connectivity index (χ0) is 15.2. The molecule has 1 fully saturated rings. The van der Waals surface area contributed by atoms with Crippen LogP contribution in [0.1, 0.15) is 56.0 Å². The first-order valence-corrected chi connectivity index (χ1v) is 8.19. The van der Waals surface area contributed by atoms with Crippen molar-refractivity contribution in [2.24, 2.45) is 0 Å². The number of aliphatic hydroxyl groups is 1. The van der Waals surface area contributed by atoms with Crippen molar-refractivity contribution in [1.82, 2.24) is 9.47 Å². The van der Waals surface area contributed by atoms with Gasteiger partial charge in [0.05, 0.1) is 0 Å². The quantitative estimate of drug-likeness (QED) is 0.820. The van der Waals surface area contributed by atoms with E-state index in [1.807, 2.05) is 4.90 Å². The highest BCUT2D eigenvalue weighted by atomic mass is 16.2. The van der Waals surface area contributed by atoms with Crippen LogP contribution in [0.25, 0.3) is 0 Å².